The average molecular weight is 276 g/mol. The monoisotopic (exact) mass is 276 g/mol. The summed E-state index contributed by atoms with van der Waals surface area (Å²) in [7, 11) is 2.18. The van der Waals surface area contributed by atoms with Gasteiger partial charge in [0.05, 0.1) is 0 Å². The molecule has 2 N–H and O–H groups in total. The normalized spacial score (nSPS) is 13.4. The van der Waals surface area contributed by atoms with Crippen LogP contribution in [-0.2, 0) is 13.0 Å². The lowest BCUT2D eigenvalue weighted by Crippen LogP contribution is -2.31. The summed E-state index contributed by atoms with van der Waals surface area (Å²) in [6.07, 6.45) is 2.24. The number of nitrogens with zero attached hydrogens (tertiary/aromatic N) is 1. The summed E-state index contributed by atoms with van der Waals surface area (Å²) >= 11 is 0. The highest BCUT2D eigenvalue weighted by Crippen LogP contribution is 2.12. The van der Waals surface area contributed by atoms with Gasteiger partial charge in [0.15, 0.2) is 0 Å². The molecule has 0 saturated heterocycles. The smallest absolute Gasteiger partial charge is 0.0230 e. The van der Waals surface area contributed by atoms with Crippen LogP contribution in [0.4, 0.5) is 0 Å². The van der Waals surface area contributed by atoms with Gasteiger partial charge in [0.25, 0.3) is 0 Å². The Balaban J connectivity index is 2.40. The summed E-state index contributed by atoms with van der Waals surface area (Å²) in [4.78, 5) is 2.36. The van der Waals surface area contributed by atoms with E-state index in [2.05, 4.69) is 63.9 Å². The van der Waals surface area contributed by atoms with Crippen molar-refractivity contribution in [3.63, 3.8) is 0 Å². The van der Waals surface area contributed by atoms with E-state index in [0.29, 0.717) is 12.0 Å². The topological polar surface area (TPSA) is 29.3 Å². The van der Waals surface area contributed by atoms with Gasteiger partial charge in [-0.2, -0.15) is 0 Å². The average Bonchev–Trinajstić information content (AvgIpc) is 2.37. The van der Waals surface area contributed by atoms with E-state index < -0.39 is 0 Å². The van der Waals surface area contributed by atoms with Gasteiger partial charge in [-0.05, 0) is 49.4 Å². The predicted octanol–water partition coefficient (Wildman–Crippen LogP) is 3.69. The minimum Gasteiger partial charge on any atom is -0.327 e. The lowest BCUT2D eigenvalue weighted by Gasteiger charge is -2.21. The van der Waals surface area contributed by atoms with Crippen LogP contribution in [0.2, 0.25) is 0 Å². The van der Waals surface area contributed by atoms with Crippen LogP contribution in [0.1, 0.15) is 45.2 Å². The summed E-state index contributed by atoms with van der Waals surface area (Å²) < 4.78 is 0. The summed E-state index contributed by atoms with van der Waals surface area (Å²) in [5.74, 6) is 1.29. The van der Waals surface area contributed by atoms with Crippen LogP contribution >= 0.6 is 0 Å². The number of nitrogens with two attached hydrogens (primary N) is 1. The molecule has 1 aromatic carbocycles. The molecule has 1 rings (SSSR count). The summed E-state index contributed by atoms with van der Waals surface area (Å²) in [5.41, 5.74) is 8.92. The van der Waals surface area contributed by atoms with Crippen molar-refractivity contribution in [2.45, 2.75) is 53.1 Å². The first kappa shape index (κ1) is 17.2. The SMILES string of the molecule is CC(C)Cc1ccc(CN(C)CCC(N)C(C)C)cc1. The van der Waals surface area contributed by atoms with Gasteiger partial charge >= 0.3 is 0 Å². The molecule has 20 heavy (non-hydrogen) atoms. The molecule has 0 saturated carbocycles. The van der Waals surface area contributed by atoms with Crippen molar-refractivity contribution in [3.05, 3.63) is 35.4 Å². The van der Waals surface area contributed by atoms with Crippen LogP contribution < -0.4 is 5.73 Å². The second kappa shape index (κ2) is 8.43. The summed E-state index contributed by atoms with van der Waals surface area (Å²) in [6, 6.07) is 9.37. The third kappa shape index (κ3) is 6.53. The Labute approximate surface area is 125 Å². The number of benzene rings is 1. The molecule has 0 spiro atoms. The molecule has 0 fully saturated rings. The molecule has 0 aliphatic heterocycles. The molecule has 0 bridgehead atoms. The van der Waals surface area contributed by atoms with Crippen LogP contribution in [-0.4, -0.2) is 24.5 Å². The van der Waals surface area contributed by atoms with Gasteiger partial charge in [0.2, 0.25) is 0 Å². The molecule has 114 valence electrons. The van der Waals surface area contributed by atoms with E-state index in [0.717, 1.165) is 25.4 Å². The van der Waals surface area contributed by atoms with Crippen molar-refractivity contribution < 1.29 is 0 Å². The van der Waals surface area contributed by atoms with E-state index in [-0.39, 0.29) is 0 Å². The molecule has 0 heterocycles. The molecule has 0 aliphatic carbocycles. The molecule has 0 aromatic heterocycles. The molecule has 2 heteroatoms. The molecule has 0 aliphatic rings. The van der Waals surface area contributed by atoms with Crippen molar-refractivity contribution in [2.24, 2.45) is 17.6 Å². The zero-order valence-corrected chi connectivity index (χ0v) is 13.9. The molecule has 1 aromatic rings. The van der Waals surface area contributed by atoms with Crippen LogP contribution in [0.15, 0.2) is 24.3 Å². The molecule has 0 amide bonds. The fourth-order valence-electron chi connectivity index (χ4n) is 2.35. The van der Waals surface area contributed by atoms with E-state index in [9.17, 15) is 0 Å². The summed E-state index contributed by atoms with van der Waals surface area (Å²) in [5, 5.41) is 0. The predicted molar refractivity (Wildman–Crippen MR) is 88.7 cm³/mol. The second-order valence-electron chi connectivity index (χ2n) is 6.85. The highest BCUT2D eigenvalue weighted by molar-refractivity contribution is 5.22. The molecule has 0 radical (unpaired) electrons. The highest BCUT2D eigenvalue weighted by Gasteiger charge is 2.09. The van der Waals surface area contributed by atoms with Crippen molar-refractivity contribution in [3.8, 4) is 0 Å². The number of rotatable bonds is 8. The van der Waals surface area contributed by atoms with Gasteiger partial charge in [0.1, 0.15) is 0 Å². The Kier molecular flexibility index (Phi) is 7.25. The van der Waals surface area contributed by atoms with E-state index in [1.165, 1.54) is 17.5 Å². The minimum absolute atomic E-state index is 0.311. The lowest BCUT2D eigenvalue weighted by atomic mass is 10.0. The van der Waals surface area contributed by atoms with Gasteiger partial charge < -0.3 is 10.6 Å². The van der Waals surface area contributed by atoms with Crippen molar-refractivity contribution in [1.29, 1.82) is 0 Å². The van der Waals surface area contributed by atoms with E-state index in [1.54, 1.807) is 0 Å². The van der Waals surface area contributed by atoms with Gasteiger partial charge in [0, 0.05) is 12.6 Å². The minimum atomic E-state index is 0.311. The molecule has 1 atom stereocenters. The maximum atomic E-state index is 6.10. The van der Waals surface area contributed by atoms with Gasteiger partial charge in [-0.1, -0.05) is 52.0 Å². The fourth-order valence-corrected chi connectivity index (χ4v) is 2.35. The van der Waals surface area contributed by atoms with E-state index in [1.807, 2.05) is 0 Å². The van der Waals surface area contributed by atoms with Crippen LogP contribution in [0, 0.1) is 11.8 Å². The Hall–Kier alpha value is -0.860. The Morgan fingerprint density at radius 3 is 2.05 bits per heavy atom. The Bertz CT molecular complexity index is 368. The first-order valence-electron chi connectivity index (χ1n) is 7.90. The lowest BCUT2D eigenvalue weighted by molar-refractivity contribution is 0.296. The van der Waals surface area contributed by atoms with E-state index >= 15 is 0 Å². The van der Waals surface area contributed by atoms with E-state index in [4.69, 9.17) is 5.73 Å². The zero-order chi connectivity index (χ0) is 15.1. The van der Waals surface area contributed by atoms with Crippen LogP contribution in [0.25, 0.3) is 0 Å². The standard InChI is InChI=1S/C18H32N2/c1-14(2)12-16-6-8-17(9-7-16)13-20(5)11-10-18(19)15(3)4/h6-9,14-15,18H,10-13,19H2,1-5H3. The molecule has 1 unspecified atom stereocenters. The van der Waals surface area contributed by atoms with Crippen molar-refractivity contribution in [1.82, 2.24) is 4.90 Å². The Morgan fingerprint density at radius 1 is 1.00 bits per heavy atom. The zero-order valence-electron chi connectivity index (χ0n) is 13.9. The van der Waals surface area contributed by atoms with Crippen LogP contribution in [0.5, 0.6) is 0 Å². The van der Waals surface area contributed by atoms with Gasteiger partial charge in [-0.25, -0.2) is 0 Å². The number of hydrogen-bond donors (Lipinski definition) is 1. The van der Waals surface area contributed by atoms with Gasteiger partial charge in [-0.15, -0.1) is 0 Å². The highest BCUT2D eigenvalue weighted by atomic mass is 15.1. The molecule has 2 nitrogen and oxygen atoms in total. The first-order valence-corrected chi connectivity index (χ1v) is 7.90. The maximum Gasteiger partial charge on any atom is 0.0230 e. The maximum absolute atomic E-state index is 6.10. The largest absolute Gasteiger partial charge is 0.327 e. The molecular formula is C18H32N2. The molecular weight excluding hydrogens is 244 g/mol. The first-order chi connectivity index (χ1) is 9.38. The van der Waals surface area contributed by atoms with Gasteiger partial charge in [-0.3, -0.25) is 0 Å². The van der Waals surface area contributed by atoms with Crippen LogP contribution in [0.3, 0.4) is 0 Å². The van der Waals surface area contributed by atoms with Crippen molar-refractivity contribution in [2.75, 3.05) is 13.6 Å². The summed E-state index contributed by atoms with van der Waals surface area (Å²) in [6.45, 7) is 11.0. The fraction of sp³-hybridized carbons (Fsp3) is 0.667. The van der Waals surface area contributed by atoms with Crippen molar-refractivity contribution >= 4 is 0 Å². The second-order valence-corrected chi connectivity index (χ2v) is 6.85. The Morgan fingerprint density at radius 2 is 1.55 bits per heavy atom. The quantitative estimate of drug-likeness (QED) is 0.784. The third-order valence-corrected chi connectivity index (χ3v) is 3.82. The number of hydrogen-bond acceptors (Lipinski definition) is 2. The third-order valence-electron chi connectivity index (χ3n) is 3.82.